The van der Waals surface area contributed by atoms with Gasteiger partial charge in [-0.1, -0.05) is 48.6 Å². The second-order valence-corrected chi connectivity index (χ2v) is 12.3. The van der Waals surface area contributed by atoms with Gasteiger partial charge in [-0.2, -0.15) is 0 Å². The molecule has 50 heavy (non-hydrogen) atoms. The number of amides is 4. The standard InChI is InChI=1S/C40H40N4O6/c1-49-33-9-3-7-29(25-33)39(47)43-23-5-11-35(43)37(45)41-31-19-15-27(16-20-31)13-14-28-17-21-32(22-18-28)42-38(46)36-12-6-24-44(36)40(48)30-8-4-10-34(26-30)50-2/h3-4,7-10,13-22,25-26,35-36H,5-6,11-12,23-24H2,1-2H3,(H,41,45)(H,42,46)/t35-,36-/m0/s1. The van der Waals surface area contributed by atoms with Gasteiger partial charge in [0.1, 0.15) is 23.6 Å². The van der Waals surface area contributed by atoms with Gasteiger partial charge in [0.2, 0.25) is 11.8 Å². The molecule has 0 aliphatic carbocycles. The van der Waals surface area contributed by atoms with Gasteiger partial charge in [-0.25, -0.2) is 0 Å². The summed E-state index contributed by atoms with van der Waals surface area (Å²) in [4.78, 5) is 56.0. The summed E-state index contributed by atoms with van der Waals surface area (Å²) in [6.07, 6.45) is 6.66. The van der Waals surface area contributed by atoms with Crippen LogP contribution in [0.1, 0.15) is 57.5 Å². The summed E-state index contributed by atoms with van der Waals surface area (Å²) in [7, 11) is 3.11. The molecule has 10 heteroatoms. The van der Waals surface area contributed by atoms with E-state index >= 15 is 0 Å². The Morgan fingerprint density at radius 2 is 1.00 bits per heavy atom. The minimum Gasteiger partial charge on any atom is -0.497 e. The van der Waals surface area contributed by atoms with E-state index in [4.69, 9.17) is 9.47 Å². The van der Waals surface area contributed by atoms with Crippen LogP contribution < -0.4 is 20.1 Å². The van der Waals surface area contributed by atoms with Gasteiger partial charge < -0.3 is 29.9 Å². The topological polar surface area (TPSA) is 117 Å². The Bertz CT molecular complexity index is 1750. The number of nitrogens with one attached hydrogen (secondary N) is 2. The van der Waals surface area contributed by atoms with Crippen molar-refractivity contribution < 1.29 is 28.7 Å². The molecular weight excluding hydrogens is 632 g/mol. The molecule has 2 N–H and O–H groups in total. The van der Waals surface area contributed by atoms with Crippen molar-refractivity contribution >= 4 is 47.2 Å². The maximum absolute atomic E-state index is 13.2. The smallest absolute Gasteiger partial charge is 0.254 e. The molecule has 0 unspecified atom stereocenters. The number of rotatable bonds is 10. The van der Waals surface area contributed by atoms with Crippen molar-refractivity contribution in [1.82, 2.24) is 9.80 Å². The van der Waals surface area contributed by atoms with E-state index in [0.717, 1.165) is 24.0 Å². The van der Waals surface area contributed by atoms with E-state index in [9.17, 15) is 19.2 Å². The number of carbonyl (C=O) groups is 4. The molecule has 2 aliphatic rings. The Morgan fingerprint density at radius 3 is 1.38 bits per heavy atom. The number of anilines is 2. The summed E-state index contributed by atoms with van der Waals surface area (Å²) in [6, 6.07) is 27.9. The van der Waals surface area contributed by atoms with Crippen molar-refractivity contribution in [2.24, 2.45) is 0 Å². The monoisotopic (exact) mass is 672 g/mol. The number of hydrogen-bond donors (Lipinski definition) is 2. The van der Waals surface area contributed by atoms with Gasteiger partial charge in [0, 0.05) is 35.6 Å². The maximum Gasteiger partial charge on any atom is 0.254 e. The van der Waals surface area contributed by atoms with Gasteiger partial charge in [0.25, 0.3) is 11.8 Å². The Labute approximate surface area is 291 Å². The summed E-state index contributed by atoms with van der Waals surface area (Å²) in [6.45, 7) is 1.05. The van der Waals surface area contributed by atoms with Crippen LogP contribution in [0.2, 0.25) is 0 Å². The average molecular weight is 673 g/mol. The number of ether oxygens (including phenoxy) is 2. The Balaban J connectivity index is 1.01. The second-order valence-electron chi connectivity index (χ2n) is 12.3. The normalized spacial score (nSPS) is 17.1. The molecule has 0 saturated carbocycles. The van der Waals surface area contributed by atoms with Crippen molar-refractivity contribution in [2.45, 2.75) is 37.8 Å². The van der Waals surface area contributed by atoms with Crippen LogP contribution in [-0.2, 0) is 9.59 Å². The van der Waals surface area contributed by atoms with Crippen LogP contribution in [0.25, 0.3) is 12.2 Å². The fraction of sp³-hybridized carbons (Fsp3) is 0.250. The Kier molecular flexibility index (Phi) is 10.6. The predicted molar refractivity (Wildman–Crippen MR) is 193 cm³/mol. The van der Waals surface area contributed by atoms with E-state index in [0.29, 0.717) is 59.9 Å². The number of benzene rings is 4. The molecule has 0 spiro atoms. The molecular formula is C40H40N4O6. The molecule has 4 aromatic rings. The number of likely N-dealkylation sites (tertiary alicyclic amines) is 2. The zero-order valence-electron chi connectivity index (χ0n) is 28.1. The third-order valence-electron chi connectivity index (χ3n) is 9.09. The van der Waals surface area contributed by atoms with Crippen molar-refractivity contribution in [1.29, 1.82) is 0 Å². The lowest BCUT2D eigenvalue weighted by molar-refractivity contribution is -0.120. The van der Waals surface area contributed by atoms with Crippen LogP contribution in [-0.4, -0.2) is 72.8 Å². The third-order valence-corrected chi connectivity index (χ3v) is 9.09. The highest BCUT2D eigenvalue weighted by Crippen LogP contribution is 2.26. The first-order valence-corrected chi connectivity index (χ1v) is 16.7. The lowest BCUT2D eigenvalue weighted by atomic mass is 10.1. The van der Waals surface area contributed by atoms with E-state index in [1.165, 1.54) is 0 Å². The SMILES string of the molecule is COc1cccc(C(=O)N2CCC[C@H]2C(=O)Nc2ccc(C=Cc3ccc(NC(=O)[C@@H]4CCCN4C(=O)c4cccc(OC)c4)cc3)cc2)c1. The van der Waals surface area contributed by atoms with Gasteiger partial charge in [0.05, 0.1) is 14.2 Å². The number of nitrogens with zero attached hydrogens (tertiary/aromatic N) is 2. The summed E-state index contributed by atoms with van der Waals surface area (Å²) >= 11 is 0. The minimum atomic E-state index is -0.542. The highest BCUT2D eigenvalue weighted by atomic mass is 16.5. The Morgan fingerprint density at radius 1 is 0.600 bits per heavy atom. The first-order valence-electron chi connectivity index (χ1n) is 16.7. The fourth-order valence-corrected chi connectivity index (χ4v) is 6.41. The average Bonchev–Trinajstić information content (AvgIpc) is 3.86. The molecule has 2 atom stereocenters. The zero-order chi connectivity index (χ0) is 35.0. The van der Waals surface area contributed by atoms with Gasteiger partial charge in [-0.15, -0.1) is 0 Å². The second kappa shape index (κ2) is 15.5. The van der Waals surface area contributed by atoms with Gasteiger partial charge in [0.15, 0.2) is 0 Å². The van der Waals surface area contributed by atoms with E-state index in [2.05, 4.69) is 10.6 Å². The molecule has 2 aliphatic heterocycles. The molecule has 2 fully saturated rings. The molecule has 2 heterocycles. The summed E-state index contributed by atoms with van der Waals surface area (Å²) in [5.41, 5.74) is 4.18. The first kappa shape index (κ1) is 34.0. The van der Waals surface area contributed by atoms with Gasteiger partial charge in [-0.3, -0.25) is 19.2 Å². The highest BCUT2D eigenvalue weighted by molar-refractivity contribution is 6.03. The first-order chi connectivity index (χ1) is 24.3. The van der Waals surface area contributed by atoms with Crippen LogP contribution in [0.15, 0.2) is 97.1 Å². The van der Waals surface area contributed by atoms with Gasteiger partial charge >= 0.3 is 0 Å². The van der Waals surface area contributed by atoms with Crippen LogP contribution in [0.4, 0.5) is 11.4 Å². The predicted octanol–water partition coefficient (Wildman–Crippen LogP) is 6.36. The van der Waals surface area contributed by atoms with E-state index in [1.54, 1.807) is 72.6 Å². The third kappa shape index (κ3) is 7.86. The molecule has 0 aromatic heterocycles. The van der Waals surface area contributed by atoms with Crippen molar-refractivity contribution in [3.8, 4) is 11.5 Å². The minimum absolute atomic E-state index is 0.185. The highest BCUT2D eigenvalue weighted by Gasteiger charge is 2.36. The molecule has 256 valence electrons. The fourth-order valence-electron chi connectivity index (χ4n) is 6.41. The van der Waals surface area contributed by atoms with E-state index in [-0.39, 0.29) is 23.6 Å². The largest absolute Gasteiger partial charge is 0.497 e. The van der Waals surface area contributed by atoms with E-state index < -0.39 is 12.1 Å². The molecule has 10 nitrogen and oxygen atoms in total. The van der Waals surface area contributed by atoms with Gasteiger partial charge in [-0.05, 0) is 97.5 Å². The van der Waals surface area contributed by atoms with Crippen molar-refractivity contribution in [3.63, 3.8) is 0 Å². The molecule has 4 amide bonds. The van der Waals surface area contributed by atoms with Crippen LogP contribution in [0, 0.1) is 0 Å². The number of carbonyl (C=O) groups excluding carboxylic acids is 4. The quantitative estimate of drug-likeness (QED) is 0.190. The summed E-state index contributed by atoms with van der Waals surface area (Å²) in [5, 5.41) is 5.93. The lowest BCUT2D eigenvalue weighted by Crippen LogP contribution is -2.43. The molecule has 2 saturated heterocycles. The Hall–Kier alpha value is -5.90. The van der Waals surface area contributed by atoms with Crippen LogP contribution in [0.3, 0.4) is 0 Å². The van der Waals surface area contributed by atoms with Crippen molar-refractivity contribution in [2.75, 3.05) is 37.9 Å². The summed E-state index contributed by atoms with van der Waals surface area (Å²) < 4.78 is 10.5. The molecule has 6 rings (SSSR count). The number of hydrogen-bond acceptors (Lipinski definition) is 6. The molecule has 4 aromatic carbocycles. The van der Waals surface area contributed by atoms with Crippen LogP contribution >= 0.6 is 0 Å². The van der Waals surface area contributed by atoms with Crippen LogP contribution in [0.5, 0.6) is 11.5 Å². The molecule has 0 bridgehead atoms. The molecule has 0 radical (unpaired) electrons. The number of methoxy groups -OCH3 is 2. The summed E-state index contributed by atoms with van der Waals surface area (Å²) in [5.74, 6) is 0.402. The lowest BCUT2D eigenvalue weighted by Gasteiger charge is -2.24. The van der Waals surface area contributed by atoms with E-state index in [1.807, 2.05) is 60.7 Å². The zero-order valence-corrected chi connectivity index (χ0v) is 28.1. The van der Waals surface area contributed by atoms with Crippen molar-refractivity contribution in [3.05, 3.63) is 119 Å². The maximum atomic E-state index is 13.2.